The van der Waals surface area contributed by atoms with E-state index in [9.17, 15) is 18.3 Å². The van der Waals surface area contributed by atoms with Crippen molar-refractivity contribution in [3.05, 3.63) is 71.0 Å². The molecule has 2 aromatic carbocycles. The van der Waals surface area contributed by atoms with Gasteiger partial charge in [-0.25, -0.2) is 13.2 Å². The molecule has 0 aliphatic carbocycles. The van der Waals surface area contributed by atoms with E-state index in [0.717, 1.165) is 30.3 Å². The monoisotopic (exact) mass is 238 g/mol. The van der Waals surface area contributed by atoms with Gasteiger partial charge in [0.25, 0.3) is 0 Å². The van der Waals surface area contributed by atoms with Gasteiger partial charge < -0.3 is 5.11 Å². The number of benzene rings is 2. The van der Waals surface area contributed by atoms with Crippen LogP contribution in [-0.2, 0) is 0 Å². The van der Waals surface area contributed by atoms with Crippen molar-refractivity contribution in [1.29, 1.82) is 0 Å². The molecule has 0 amide bonds. The van der Waals surface area contributed by atoms with Crippen molar-refractivity contribution in [3.63, 3.8) is 0 Å². The molecule has 0 aliphatic rings. The number of halogens is 3. The van der Waals surface area contributed by atoms with Crippen LogP contribution in [0.1, 0.15) is 17.2 Å². The minimum atomic E-state index is -1.31. The topological polar surface area (TPSA) is 20.2 Å². The Balaban J connectivity index is 2.39. The van der Waals surface area contributed by atoms with Gasteiger partial charge in [-0.05, 0) is 35.9 Å². The minimum absolute atomic E-state index is 0.170. The van der Waals surface area contributed by atoms with Crippen LogP contribution >= 0.6 is 0 Å². The average Bonchev–Trinajstić information content (AvgIpc) is 2.32. The summed E-state index contributed by atoms with van der Waals surface area (Å²) >= 11 is 0. The summed E-state index contributed by atoms with van der Waals surface area (Å²) in [6.45, 7) is 0. The van der Waals surface area contributed by atoms with Gasteiger partial charge in [0, 0.05) is 5.56 Å². The van der Waals surface area contributed by atoms with Crippen LogP contribution in [0.25, 0.3) is 0 Å². The van der Waals surface area contributed by atoms with Crippen LogP contribution in [0, 0.1) is 17.5 Å². The molecule has 2 rings (SSSR count). The maximum atomic E-state index is 13.4. The standard InChI is InChI=1S/C13H9F3O/c14-9-3-1-8(2-4-9)13(17)11-7-10(15)5-6-12(11)16/h1-7,13,17H. The summed E-state index contributed by atoms with van der Waals surface area (Å²) in [5.41, 5.74) is 0.132. The molecule has 0 bridgehead atoms. The van der Waals surface area contributed by atoms with Gasteiger partial charge in [-0.2, -0.15) is 0 Å². The first-order chi connectivity index (χ1) is 8.08. The van der Waals surface area contributed by atoms with Crippen molar-refractivity contribution in [2.24, 2.45) is 0 Å². The van der Waals surface area contributed by atoms with Crippen molar-refractivity contribution in [2.75, 3.05) is 0 Å². The third-order valence-corrected chi connectivity index (χ3v) is 2.44. The molecule has 1 N–H and O–H groups in total. The molecule has 4 heteroatoms. The van der Waals surface area contributed by atoms with E-state index in [-0.39, 0.29) is 5.56 Å². The van der Waals surface area contributed by atoms with Gasteiger partial charge in [-0.1, -0.05) is 12.1 Å². The summed E-state index contributed by atoms with van der Waals surface area (Å²) in [5.74, 6) is -1.80. The van der Waals surface area contributed by atoms with E-state index in [0.29, 0.717) is 5.56 Å². The highest BCUT2D eigenvalue weighted by Gasteiger charge is 2.15. The lowest BCUT2D eigenvalue weighted by Crippen LogP contribution is -2.03. The normalized spacial score (nSPS) is 12.5. The van der Waals surface area contributed by atoms with Crippen LogP contribution in [0.2, 0.25) is 0 Å². The van der Waals surface area contributed by atoms with Crippen LogP contribution in [-0.4, -0.2) is 5.11 Å². The van der Waals surface area contributed by atoms with Crippen molar-refractivity contribution >= 4 is 0 Å². The van der Waals surface area contributed by atoms with Crippen LogP contribution in [0.3, 0.4) is 0 Å². The average molecular weight is 238 g/mol. The quantitative estimate of drug-likeness (QED) is 0.851. The number of hydrogen-bond acceptors (Lipinski definition) is 1. The molecule has 0 spiro atoms. The molecule has 0 saturated heterocycles. The molecule has 0 aliphatic heterocycles. The lowest BCUT2D eigenvalue weighted by Gasteiger charge is -2.12. The van der Waals surface area contributed by atoms with E-state index >= 15 is 0 Å². The molecule has 0 radical (unpaired) electrons. The molecule has 88 valence electrons. The molecule has 2 aromatic rings. The van der Waals surface area contributed by atoms with Gasteiger partial charge >= 0.3 is 0 Å². The summed E-state index contributed by atoms with van der Waals surface area (Å²) in [4.78, 5) is 0. The van der Waals surface area contributed by atoms with Gasteiger partial charge in [0.2, 0.25) is 0 Å². The third kappa shape index (κ3) is 2.47. The van der Waals surface area contributed by atoms with Crippen molar-refractivity contribution in [1.82, 2.24) is 0 Å². The van der Waals surface area contributed by atoms with E-state index < -0.39 is 23.6 Å². The Labute approximate surface area is 96.1 Å². The maximum absolute atomic E-state index is 13.4. The SMILES string of the molecule is OC(c1ccc(F)cc1)c1cc(F)ccc1F. The first-order valence-electron chi connectivity index (χ1n) is 4.96. The van der Waals surface area contributed by atoms with E-state index in [2.05, 4.69) is 0 Å². The summed E-state index contributed by atoms with van der Waals surface area (Å²) in [7, 11) is 0. The third-order valence-electron chi connectivity index (χ3n) is 2.44. The van der Waals surface area contributed by atoms with Crippen LogP contribution in [0.4, 0.5) is 13.2 Å². The number of aliphatic hydroxyl groups excluding tert-OH is 1. The summed E-state index contributed by atoms with van der Waals surface area (Å²) < 4.78 is 39.0. The molecule has 0 saturated carbocycles. The Morgan fingerprint density at radius 2 is 1.41 bits per heavy atom. The van der Waals surface area contributed by atoms with Crippen LogP contribution in [0.15, 0.2) is 42.5 Å². The zero-order valence-corrected chi connectivity index (χ0v) is 8.70. The Kier molecular flexibility index (Phi) is 3.15. The lowest BCUT2D eigenvalue weighted by molar-refractivity contribution is 0.214. The smallest absolute Gasteiger partial charge is 0.129 e. The number of rotatable bonds is 2. The summed E-state index contributed by atoms with van der Waals surface area (Å²) in [6.07, 6.45) is -1.31. The highest BCUT2D eigenvalue weighted by atomic mass is 19.1. The summed E-state index contributed by atoms with van der Waals surface area (Å²) in [5, 5.41) is 9.86. The van der Waals surface area contributed by atoms with E-state index in [4.69, 9.17) is 0 Å². The van der Waals surface area contributed by atoms with E-state index in [1.807, 2.05) is 0 Å². The fourth-order valence-electron chi connectivity index (χ4n) is 1.55. The largest absolute Gasteiger partial charge is 0.384 e. The van der Waals surface area contributed by atoms with Gasteiger partial charge in [-0.3, -0.25) is 0 Å². The molecule has 17 heavy (non-hydrogen) atoms. The second kappa shape index (κ2) is 4.59. The second-order valence-corrected chi connectivity index (χ2v) is 3.62. The van der Waals surface area contributed by atoms with Gasteiger partial charge in [0.05, 0.1) is 0 Å². The molecule has 0 heterocycles. The Morgan fingerprint density at radius 1 is 0.824 bits per heavy atom. The molecule has 0 aromatic heterocycles. The first-order valence-corrected chi connectivity index (χ1v) is 4.96. The first kappa shape index (κ1) is 11.7. The second-order valence-electron chi connectivity index (χ2n) is 3.62. The molecule has 0 fully saturated rings. The fraction of sp³-hybridized carbons (Fsp3) is 0.0769. The maximum Gasteiger partial charge on any atom is 0.129 e. The van der Waals surface area contributed by atoms with Gasteiger partial charge in [-0.15, -0.1) is 0 Å². The molecule has 1 atom stereocenters. The lowest BCUT2D eigenvalue weighted by atomic mass is 10.0. The Hall–Kier alpha value is -1.81. The molecular formula is C13H9F3O. The van der Waals surface area contributed by atoms with Crippen LogP contribution < -0.4 is 0 Å². The van der Waals surface area contributed by atoms with E-state index in [1.165, 1.54) is 12.1 Å². The van der Waals surface area contributed by atoms with Crippen molar-refractivity contribution in [3.8, 4) is 0 Å². The highest BCUT2D eigenvalue weighted by molar-refractivity contribution is 5.31. The Morgan fingerprint density at radius 3 is 2.06 bits per heavy atom. The minimum Gasteiger partial charge on any atom is -0.384 e. The zero-order chi connectivity index (χ0) is 12.4. The zero-order valence-electron chi connectivity index (χ0n) is 8.70. The van der Waals surface area contributed by atoms with Crippen molar-refractivity contribution in [2.45, 2.75) is 6.10 Å². The highest BCUT2D eigenvalue weighted by Crippen LogP contribution is 2.25. The van der Waals surface area contributed by atoms with Gasteiger partial charge in [0.1, 0.15) is 23.6 Å². The molecular weight excluding hydrogens is 229 g/mol. The molecule has 1 nitrogen and oxygen atoms in total. The van der Waals surface area contributed by atoms with Crippen molar-refractivity contribution < 1.29 is 18.3 Å². The van der Waals surface area contributed by atoms with Gasteiger partial charge in [0.15, 0.2) is 0 Å². The number of aliphatic hydroxyl groups is 1. The van der Waals surface area contributed by atoms with Crippen LogP contribution in [0.5, 0.6) is 0 Å². The summed E-state index contributed by atoms with van der Waals surface area (Å²) in [6, 6.07) is 7.77. The Bertz CT molecular complexity index is 523. The number of hydrogen-bond donors (Lipinski definition) is 1. The predicted octanol–water partition coefficient (Wildman–Crippen LogP) is 3.19. The predicted molar refractivity (Wildman–Crippen MR) is 56.8 cm³/mol. The molecule has 1 unspecified atom stereocenters. The fourth-order valence-corrected chi connectivity index (χ4v) is 1.55. The van der Waals surface area contributed by atoms with E-state index in [1.54, 1.807) is 0 Å².